The molecule has 92 valence electrons. The van der Waals surface area contributed by atoms with Crippen molar-refractivity contribution in [3.8, 4) is 0 Å². The maximum Gasteiger partial charge on any atom is 0.253 e. The van der Waals surface area contributed by atoms with Crippen LogP contribution in [-0.2, 0) is 0 Å². The van der Waals surface area contributed by atoms with Crippen molar-refractivity contribution in [3.63, 3.8) is 0 Å². The van der Waals surface area contributed by atoms with Gasteiger partial charge in [-0.25, -0.2) is 0 Å². The fraction of sp³-hybridized carbons (Fsp3) is 0.462. The van der Waals surface area contributed by atoms with Crippen molar-refractivity contribution in [3.05, 3.63) is 34.9 Å². The molecule has 3 nitrogen and oxygen atoms in total. The Balaban J connectivity index is 2.05. The number of carbonyl (C=O) groups is 1. The van der Waals surface area contributed by atoms with Crippen LogP contribution < -0.4 is 5.32 Å². The first-order chi connectivity index (χ1) is 8.18. The summed E-state index contributed by atoms with van der Waals surface area (Å²) in [7, 11) is 1.88. The molecule has 0 spiro atoms. The topological polar surface area (TPSA) is 32.3 Å². The molecule has 1 saturated heterocycles. The quantitative estimate of drug-likeness (QED) is 0.875. The van der Waals surface area contributed by atoms with Crippen LogP contribution in [0.1, 0.15) is 23.2 Å². The predicted molar refractivity (Wildman–Crippen MR) is 69.4 cm³/mol. The van der Waals surface area contributed by atoms with Gasteiger partial charge in [-0.15, -0.1) is 0 Å². The molecular weight excluding hydrogens is 236 g/mol. The summed E-state index contributed by atoms with van der Waals surface area (Å²) >= 11 is 5.81. The lowest BCUT2D eigenvalue weighted by Crippen LogP contribution is -2.43. The summed E-state index contributed by atoms with van der Waals surface area (Å²) in [6.45, 7) is 1.98. The zero-order valence-electron chi connectivity index (χ0n) is 9.95. The average molecular weight is 253 g/mol. The van der Waals surface area contributed by atoms with Gasteiger partial charge in [0.25, 0.3) is 5.91 Å². The summed E-state index contributed by atoms with van der Waals surface area (Å²) in [5, 5.41) is 3.96. The van der Waals surface area contributed by atoms with E-state index in [9.17, 15) is 4.79 Å². The van der Waals surface area contributed by atoms with Crippen LogP contribution in [-0.4, -0.2) is 37.0 Å². The molecule has 0 saturated carbocycles. The van der Waals surface area contributed by atoms with Gasteiger partial charge in [0.15, 0.2) is 0 Å². The van der Waals surface area contributed by atoms with Crippen molar-refractivity contribution >= 4 is 17.5 Å². The predicted octanol–water partition coefficient (Wildman–Crippen LogP) is 2.16. The van der Waals surface area contributed by atoms with Gasteiger partial charge in [-0.05, 0) is 50.2 Å². The first kappa shape index (κ1) is 12.4. The van der Waals surface area contributed by atoms with Gasteiger partial charge in [0.1, 0.15) is 0 Å². The summed E-state index contributed by atoms with van der Waals surface area (Å²) in [5.74, 6) is 0.0774. The molecular formula is C13H17ClN2O. The van der Waals surface area contributed by atoms with Gasteiger partial charge in [0.05, 0.1) is 0 Å². The summed E-state index contributed by atoms with van der Waals surface area (Å²) < 4.78 is 0. The summed E-state index contributed by atoms with van der Waals surface area (Å²) in [4.78, 5) is 14.1. The summed E-state index contributed by atoms with van der Waals surface area (Å²) in [5.41, 5.74) is 0.704. The fourth-order valence-electron chi connectivity index (χ4n) is 2.16. The van der Waals surface area contributed by atoms with E-state index in [1.165, 1.54) is 0 Å². The molecule has 2 rings (SSSR count). The number of rotatable bonds is 2. The Morgan fingerprint density at radius 3 is 2.47 bits per heavy atom. The lowest BCUT2D eigenvalue weighted by atomic mass is 10.0. The van der Waals surface area contributed by atoms with Gasteiger partial charge < -0.3 is 10.2 Å². The Kier molecular flexibility index (Phi) is 4.02. The van der Waals surface area contributed by atoms with Gasteiger partial charge >= 0.3 is 0 Å². The Morgan fingerprint density at radius 2 is 1.88 bits per heavy atom. The van der Waals surface area contributed by atoms with Crippen LogP contribution in [0.5, 0.6) is 0 Å². The Bertz CT molecular complexity index is 385. The third-order valence-electron chi connectivity index (χ3n) is 3.27. The van der Waals surface area contributed by atoms with Gasteiger partial charge in [0, 0.05) is 23.7 Å². The third kappa shape index (κ3) is 2.99. The molecule has 1 aromatic carbocycles. The van der Waals surface area contributed by atoms with Crippen molar-refractivity contribution in [2.45, 2.75) is 18.9 Å². The molecule has 0 aromatic heterocycles. The SMILES string of the molecule is CN(C(=O)c1ccc(Cl)cc1)C1CCNCC1. The van der Waals surface area contributed by atoms with Gasteiger partial charge in [-0.2, -0.15) is 0 Å². The van der Waals surface area contributed by atoms with Gasteiger partial charge in [-0.1, -0.05) is 11.6 Å². The zero-order chi connectivity index (χ0) is 12.3. The van der Waals surface area contributed by atoms with Crippen molar-refractivity contribution in [1.82, 2.24) is 10.2 Å². The van der Waals surface area contributed by atoms with Crippen LogP contribution in [0.3, 0.4) is 0 Å². The van der Waals surface area contributed by atoms with Crippen molar-refractivity contribution in [2.24, 2.45) is 0 Å². The number of nitrogens with one attached hydrogen (secondary N) is 1. The van der Waals surface area contributed by atoms with E-state index in [1.54, 1.807) is 24.3 Å². The summed E-state index contributed by atoms with van der Waals surface area (Å²) in [6, 6.07) is 7.42. The molecule has 0 atom stereocenters. The molecule has 1 amide bonds. The van der Waals surface area contributed by atoms with Crippen molar-refractivity contribution in [1.29, 1.82) is 0 Å². The highest BCUT2D eigenvalue weighted by Gasteiger charge is 2.22. The van der Waals surface area contributed by atoms with Gasteiger partial charge in [-0.3, -0.25) is 4.79 Å². The van der Waals surface area contributed by atoms with Crippen LogP contribution in [0.2, 0.25) is 5.02 Å². The fourth-order valence-corrected chi connectivity index (χ4v) is 2.28. The van der Waals surface area contributed by atoms with Crippen LogP contribution in [0.4, 0.5) is 0 Å². The molecule has 17 heavy (non-hydrogen) atoms. The second-order valence-corrected chi connectivity index (χ2v) is 4.84. The number of benzene rings is 1. The number of halogens is 1. The molecule has 1 aliphatic heterocycles. The number of amides is 1. The minimum atomic E-state index is 0.0774. The van der Waals surface area contributed by atoms with E-state index < -0.39 is 0 Å². The van der Waals surface area contributed by atoms with E-state index in [0.29, 0.717) is 16.6 Å². The average Bonchev–Trinajstić information content (AvgIpc) is 2.39. The Morgan fingerprint density at radius 1 is 1.29 bits per heavy atom. The second kappa shape index (κ2) is 5.52. The lowest BCUT2D eigenvalue weighted by Gasteiger charge is -2.31. The molecule has 0 radical (unpaired) electrons. The lowest BCUT2D eigenvalue weighted by molar-refractivity contribution is 0.0703. The monoisotopic (exact) mass is 252 g/mol. The molecule has 0 bridgehead atoms. The van der Waals surface area contributed by atoms with Crippen LogP contribution >= 0.6 is 11.6 Å². The molecule has 0 aliphatic carbocycles. The number of carbonyl (C=O) groups excluding carboxylic acids is 1. The normalized spacial score (nSPS) is 16.8. The largest absolute Gasteiger partial charge is 0.339 e. The number of hydrogen-bond donors (Lipinski definition) is 1. The maximum absolute atomic E-state index is 12.2. The Labute approximate surface area is 107 Å². The van der Waals surface area contributed by atoms with Crippen LogP contribution in [0, 0.1) is 0 Å². The smallest absolute Gasteiger partial charge is 0.253 e. The van der Waals surface area contributed by atoms with E-state index in [4.69, 9.17) is 11.6 Å². The minimum Gasteiger partial charge on any atom is -0.339 e. The minimum absolute atomic E-state index is 0.0774. The molecule has 0 unspecified atom stereocenters. The first-order valence-electron chi connectivity index (χ1n) is 5.92. The summed E-state index contributed by atoms with van der Waals surface area (Å²) in [6.07, 6.45) is 2.05. The highest BCUT2D eigenvalue weighted by Crippen LogP contribution is 2.15. The van der Waals surface area contributed by atoms with E-state index in [0.717, 1.165) is 25.9 Å². The van der Waals surface area contributed by atoms with Crippen molar-refractivity contribution < 1.29 is 4.79 Å². The van der Waals surface area contributed by atoms with Gasteiger partial charge in [0.2, 0.25) is 0 Å². The van der Waals surface area contributed by atoms with Crippen molar-refractivity contribution in [2.75, 3.05) is 20.1 Å². The molecule has 1 heterocycles. The highest BCUT2D eigenvalue weighted by molar-refractivity contribution is 6.30. The molecule has 4 heteroatoms. The van der Waals surface area contributed by atoms with E-state index in [2.05, 4.69) is 5.32 Å². The zero-order valence-corrected chi connectivity index (χ0v) is 10.7. The number of hydrogen-bond acceptors (Lipinski definition) is 2. The number of nitrogens with zero attached hydrogens (tertiary/aromatic N) is 1. The van der Waals surface area contributed by atoms with Crippen LogP contribution in [0.25, 0.3) is 0 Å². The number of piperidine rings is 1. The van der Waals surface area contributed by atoms with E-state index in [1.807, 2.05) is 11.9 Å². The first-order valence-corrected chi connectivity index (χ1v) is 6.30. The van der Waals surface area contributed by atoms with E-state index >= 15 is 0 Å². The third-order valence-corrected chi connectivity index (χ3v) is 3.52. The molecule has 1 aromatic rings. The molecule has 1 fully saturated rings. The highest BCUT2D eigenvalue weighted by atomic mass is 35.5. The Hall–Kier alpha value is -1.06. The van der Waals surface area contributed by atoms with E-state index in [-0.39, 0.29) is 5.91 Å². The molecule has 1 aliphatic rings. The standard InChI is InChI=1S/C13H17ClN2O/c1-16(12-6-8-15-9-7-12)13(17)10-2-4-11(14)5-3-10/h2-5,12,15H,6-9H2,1H3. The maximum atomic E-state index is 12.2. The molecule has 1 N–H and O–H groups in total. The second-order valence-electron chi connectivity index (χ2n) is 4.40. The van der Waals surface area contributed by atoms with Crippen LogP contribution in [0.15, 0.2) is 24.3 Å².